The molecule has 110 valence electrons. The van der Waals surface area contributed by atoms with Crippen molar-refractivity contribution in [2.75, 3.05) is 12.4 Å². The fraction of sp³-hybridized carbons (Fsp3) is 0.533. The average Bonchev–Trinajstić information content (AvgIpc) is 2.99. The molecule has 20 heavy (non-hydrogen) atoms. The summed E-state index contributed by atoms with van der Waals surface area (Å²) >= 11 is 0. The highest BCUT2D eigenvalue weighted by Gasteiger charge is 2.49. The van der Waals surface area contributed by atoms with Crippen LogP contribution in [-0.2, 0) is 4.79 Å². The summed E-state index contributed by atoms with van der Waals surface area (Å²) in [5.41, 5.74) is 6.97. The number of hydrogen-bond acceptors (Lipinski definition) is 3. The number of nitrogens with one attached hydrogen (secondary N) is 1. The quantitative estimate of drug-likeness (QED) is 0.900. The highest BCUT2D eigenvalue weighted by molar-refractivity contribution is 5.93. The van der Waals surface area contributed by atoms with Gasteiger partial charge in [0.05, 0.1) is 13.0 Å². The molecule has 2 fully saturated rings. The van der Waals surface area contributed by atoms with Crippen LogP contribution in [0.1, 0.15) is 19.3 Å². The number of benzene rings is 1. The number of rotatable bonds is 3. The Kier molecular flexibility index (Phi) is 4.55. The van der Waals surface area contributed by atoms with Gasteiger partial charge < -0.3 is 15.8 Å². The molecule has 0 heterocycles. The van der Waals surface area contributed by atoms with E-state index >= 15 is 0 Å². The molecule has 2 aliphatic rings. The van der Waals surface area contributed by atoms with Gasteiger partial charge in [-0.05, 0) is 43.2 Å². The Morgan fingerprint density at radius 3 is 2.75 bits per heavy atom. The summed E-state index contributed by atoms with van der Waals surface area (Å²) in [5, 5.41) is 2.97. The minimum atomic E-state index is -0.0232. The van der Waals surface area contributed by atoms with Crippen molar-refractivity contribution in [2.24, 2.45) is 23.5 Å². The van der Waals surface area contributed by atoms with Crippen molar-refractivity contribution >= 4 is 24.0 Å². The van der Waals surface area contributed by atoms with Gasteiger partial charge in [0.1, 0.15) is 5.75 Å². The van der Waals surface area contributed by atoms with E-state index in [1.165, 1.54) is 6.42 Å². The Balaban J connectivity index is 0.00000147. The van der Waals surface area contributed by atoms with Gasteiger partial charge in [-0.25, -0.2) is 0 Å². The number of carbonyl (C=O) groups is 1. The summed E-state index contributed by atoms with van der Waals surface area (Å²) in [4.78, 5) is 12.4. The van der Waals surface area contributed by atoms with Crippen LogP contribution in [0.15, 0.2) is 24.3 Å². The molecule has 0 saturated heterocycles. The van der Waals surface area contributed by atoms with Crippen LogP contribution in [0.25, 0.3) is 0 Å². The number of fused-ring (bicyclic) bond motifs is 2. The first-order valence-corrected chi connectivity index (χ1v) is 6.89. The number of methoxy groups -OCH3 is 1. The lowest BCUT2D eigenvalue weighted by molar-refractivity contribution is -0.121. The van der Waals surface area contributed by atoms with Crippen molar-refractivity contribution in [3.05, 3.63) is 24.3 Å². The van der Waals surface area contributed by atoms with Gasteiger partial charge in [0.25, 0.3) is 0 Å². The minimum absolute atomic E-state index is 0. The summed E-state index contributed by atoms with van der Waals surface area (Å²) in [6.45, 7) is 0. The number of carbonyl (C=O) groups excluding carboxylic acids is 1. The first kappa shape index (κ1) is 15.1. The third-order valence-corrected chi connectivity index (χ3v) is 4.62. The highest BCUT2D eigenvalue weighted by atomic mass is 35.5. The molecule has 0 aromatic heterocycles. The van der Waals surface area contributed by atoms with Crippen LogP contribution < -0.4 is 15.8 Å². The van der Waals surface area contributed by atoms with Gasteiger partial charge >= 0.3 is 0 Å². The predicted molar refractivity (Wildman–Crippen MR) is 81.2 cm³/mol. The molecule has 1 aromatic rings. The second-order valence-corrected chi connectivity index (χ2v) is 5.66. The van der Waals surface area contributed by atoms with Gasteiger partial charge in [-0.1, -0.05) is 6.07 Å². The van der Waals surface area contributed by atoms with Crippen molar-refractivity contribution in [3.8, 4) is 5.75 Å². The maximum Gasteiger partial charge on any atom is 0.229 e. The number of ether oxygens (including phenoxy) is 1. The van der Waals surface area contributed by atoms with Crippen LogP contribution in [0.5, 0.6) is 5.75 Å². The molecule has 0 spiro atoms. The Morgan fingerprint density at radius 1 is 1.35 bits per heavy atom. The zero-order valence-electron chi connectivity index (χ0n) is 11.5. The van der Waals surface area contributed by atoms with Crippen molar-refractivity contribution < 1.29 is 9.53 Å². The second-order valence-electron chi connectivity index (χ2n) is 5.66. The van der Waals surface area contributed by atoms with E-state index in [0.29, 0.717) is 11.8 Å². The van der Waals surface area contributed by atoms with E-state index in [-0.39, 0.29) is 30.3 Å². The number of amides is 1. The van der Waals surface area contributed by atoms with Crippen molar-refractivity contribution in [1.82, 2.24) is 0 Å². The molecule has 4 unspecified atom stereocenters. The van der Waals surface area contributed by atoms with E-state index in [1.807, 2.05) is 24.3 Å². The smallest absolute Gasteiger partial charge is 0.229 e. The zero-order valence-corrected chi connectivity index (χ0v) is 12.4. The van der Waals surface area contributed by atoms with Gasteiger partial charge in [-0.15, -0.1) is 12.4 Å². The Labute approximate surface area is 125 Å². The van der Waals surface area contributed by atoms with E-state index in [4.69, 9.17) is 10.5 Å². The summed E-state index contributed by atoms with van der Waals surface area (Å²) in [7, 11) is 1.62. The molecule has 1 amide bonds. The van der Waals surface area contributed by atoms with E-state index in [9.17, 15) is 4.79 Å². The van der Waals surface area contributed by atoms with Crippen molar-refractivity contribution in [3.63, 3.8) is 0 Å². The van der Waals surface area contributed by atoms with Crippen LogP contribution in [0.4, 0.5) is 5.69 Å². The third-order valence-electron chi connectivity index (χ3n) is 4.62. The van der Waals surface area contributed by atoms with Crippen LogP contribution in [0.3, 0.4) is 0 Å². The fourth-order valence-corrected chi connectivity index (χ4v) is 3.65. The molecule has 2 bridgehead atoms. The van der Waals surface area contributed by atoms with Gasteiger partial charge in [0.15, 0.2) is 0 Å². The van der Waals surface area contributed by atoms with E-state index < -0.39 is 0 Å². The van der Waals surface area contributed by atoms with E-state index in [2.05, 4.69) is 5.32 Å². The van der Waals surface area contributed by atoms with Crippen molar-refractivity contribution in [1.29, 1.82) is 0 Å². The molecule has 3 N–H and O–H groups in total. The van der Waals surface area contributed by atoms with Gasteiger partial charge in [0, 0.05) is 17.8 Å². The molecule has 2 saturated carbocycles. The number of hydrogen-bond donors (Lipinski definition) is 2. The Bertz CT molecular complexity index is 493. The molecule has 0 aliphatic heterocycles. The molecule has 4 atom stereocenters. The molecular formula is C15H21ClN2O2. The summed E-state index contributed by atoms with van der Waals surface area (Å²) in [6.07, 6.45) is 3.46. The lowest BCUT2D eigenvalue weighted by atomic mass is 9.84. The number of nitrogens with two attached hydrogens (primary N) is 1. The molecule has 4 nitrogen and oxygen atoms in total. The van der Waals surface area contributed by atoms with Crippen LogP contribution in [-0.4, -0.2) is 19.1 Å². The first-order chi connectivity index (χ1) is 9.19. The second kappa shape index (κ2) is 6.02. The van der Waals surface area contributed by atoms with Gasteiger partial charge in [0.2, 0.25) is 5.91 Å². The summed E-state index contributed by atoms with van der Waals surface area (Å²) in [5.74, 6) is 1.81. The van der Waals surface area contributed by atoms with E-state index in [1.54, 1.807) is 7.11 Å². The number of halogens is 1. The maximum absolute atomic E-state index is 12.4. The lowest BCUT2D eigenvalue weighted by Crippen LogP contribution is -2.42. The van der Waals surface area contributed by atoms with Crippen LogP contribution >= 0.6 is 12.4 Å². The standard InChI is InChI=1S/C15H20N2O2.ClH/c1-19-12-4-2-3-11(8-12)17-15(18)13-9-5-6-10(7-9)14(13)16;/h2-4,8-10,13-14H,5-7,16H2,1H3,(H,17,18);1H. The monoisotopic (exact) mass is 296 g/mol. The predicted octanol–water partition coefficient (Wildman–Crippen LogP) is 2.43. The van der Waals surface area contributed by atoms with Crippen LogP contribution in [0.2, 0.25) is 0 Å². The maximum atomic E-state index is 12.4. The summed E-state index contributed by atoms with van der Waals surface area (Å²) < 4.78 is 5.16. The topological polar surface area (TPSA) is 64.3 Å². The lowest BCUT2D eigenvalue weighted by Gasteiger charge is -2.27. The Hall–Kier alpha value is -1.26. The molecule has 5 heteroatoms. The van der Waals surface area contributed by atoms with Gasteiger partial charge in [-0.2, -0.15) is 0 Å². The highest BCUT2D eigenvalue weighted by Crippen LogP contribution is 2.47. The molecule has 2 aliphatic carbocycles. The van der Waals surface area contributed by atoms with Crippen molar-refractivity contribution in [2.45, 2.75) is 25.3 Å². The Morgan fingerprint density at radius 2 is 2.10 bits per heavy atom. The molecule has 0 radical (unpaired) electrons. The third kappa shape index (κ3) is 2.63. The van der Waals surface area contributed by atoms with Gasteiger partial charge in [-0.3, -0.25) is 4.79 Å². The average molecular weight is 297 g/mol. The number of anilines is 1. The van der Waals surface area contributed by atoms with Crippen LogP contribution in [0, 0.1) is 17.8 Å². The van der Waals surface area contributed by atoms with E-state index in [0.717, 1.165) is 24.3 Å². The first-order valence-electron chi connectivity index (χ1n) is 6.89. The SMILES string of the molecule is COc1cccc(NC(=O)C2C3CCC(C3)C2N)c1.Cl. The fourth-order valence-electron chi connectivity index (χ4n) is 3.65. The minimum Gasteiger partial charge on any atom is -0.497 e. The molecule has 1 aromatic carbocycles. The molecule has 3 rings (SSSR count). The zero-order chi connectivity index (χ0) is 13.4. The largest absolute Gasteiger partial charge is 0.497 e. The molecular weight excluding hydrogens is 276 g/mol. The summed E-state index contributed by atoms with van der Waals surface area (Å²) in [6, 6.07) is 7.47. The normalized spacial score (nSPS) is 30.7.